The Hall–Kier alpha value is -5.25. The number of ketones is 1. The van der Waals surface area contributed by atoms with Crippen LogP contribution in [0.3, 0.4) is 0 Å². The molecule has 2 aromatic heterocycles. The number of nitrogens with zero attached hydrogens (tertiary/aromatic N) is 4. The molecule has 47 heavy (non-hydrogen) atoms. The number of hydrogen-bond acceptors (Lipinski definition) is 8. The second kappa shape index (κ2) is 16.9. The van der Waals surface area contributed by atoms with Gasteiger partial charge >= 0.3 is 0 Å². The minimum absolute atomic E-state index is 0.0585. The van der Waals surface area contributed by atoms with Crippen LogP contribution in [0.25, 0.3) is 0 Å². The fourth-order valence-corrected chi connectivity index (χ4v) is 5.58. The lowest BCUT2D eigenvalue weighted by molar-refractivity contribution is -0.143. The van der Waals surface area contributed by atoms with Gasteiger partial charge in [0, 0.05) is 56.9 Å². The minimum atomic E-state index is -0.940. The van der Waals surface area contributed by atoms with Crippen LogP contribution in [-0.2, 0) is 28.9 Å². The molecule has 0 saturated carbocycles. The van der Waals surface area contributed by atoms with Crippen molar-refractivity contribution < 1.29 is 28.6 Å². The molecule has 2 heterocycles. The number of aromatic nitrogens is 2. The third-order valence-corrected chi connectivity index (χ3v) is 8.39. The van der Waals surface area contributed by atoms with Gasteiger partial charge in [-0.15, -0.1) is 0 Å². The third-order valence-electron chi connectivity index (χ3n) is 8.39. The van der Waals surface area contributed by atoms with Crippen molar-refractivity contribution in [3.05, 3.63) is 114 Å². The van der Waals surface area contributed by atoms with Crippen molar-refractivity contribution in [2.75, 3.05) is 35.4 Å². The van der Waals surface area contributed by atoms with Crippen molar-refractivity contribution >= 4 is 17.6 Å². The van der Waals surface area contributed by atoms with Crippen molar-refractivity contribution in [1.82, 2.24) is 19.8 Å². The van der Waals surface area contributed by atoms with Gasteiger partial charge in [-0.1, -0.05) is 30.3 Å². The zero-order valence-corrected chi connectivity index (χ0v) is 27.6. The molecule has 2 amide bonds. The predicted molar refractivity (Wildman–Crippen MR) is 179 cm³/mol. The second-order valence-electron chi connectivity index (χ2n) is 11.3. The first-order valence-corrected chi connectivity index (χ1v) is 15.5. The first-order chi connectivity index (χ1) is 22.8. The van der Waals surface area contributed by atoms with Gasteiger partial charge in [0.2, 0.25) is 11.7 Å². The highest BCUT2D eigenvalue weighted by atomic mass is 16.5. The molecule has 4 aromatic rings. The fourth-order valence-electron chi connectivity index (χ4n) is 5.58. The molecule has 0 fully saturated rings. The van der Waals surface area contributed by atoms with Gasteiger partial charge in [-0.05, 0) is 78.8 Å². The quantitative estimate of drug-likeness (QED) is 0.127. The molecule has 0 spiro atoms. The molecule has 0 saturated heterocycles. The summed E-state index contributed by atoms with van der Waals surface area (Å²) in [5, 5.41) is 0. The van der Waals surface area contributed by atoms with Gasteiger partial charge in [-0.25, -0.2) is 0 Å². The summed E-state index contributed by atoms with van der Waals surface area (Å²) in [6.07, 6.45) is 10.2. The molecule has 0 N–H and O–H groups in total. The summed E-state index contributed by atoms with van der Waals surface area (Å²) >= 11 is 0. The Bertz CT molecular complexity index is 1550. The number of aryl methyl sites for hydroxylation is 2. The van der Waals surface area contributed by atoms with E-state index in [0.29, 0.717) is 18.6 Å². The van der Waals surface area contributed by atoms with Crippen molar-refractivity contribution in [1.29, 1.82) is 0 Å². The lowest BCUT2D eigenvalue weighted by Gasteiger charge is -2.35. The Labute approximate surface area is 276 Å². The summed E-state index contributed by atoms with van der Waals surface area (Å²) in [5.41, 5.74) is 3.17. The first kappa shape index (κ1) is 34.6. The predicted octanol–water partition coefficient (Wildman–Crippen LogP) is 4.85. The molecule has 2 aromatic carbocycles. The largest absolute Gasteiger partial charge is 0.493 e. The highest BCUT2D eigenvalue weighted by molar-refractivity contribution is 6.43. The van der Waals surface area contributed by atoms with Gasteiger partial charge in [-0.3, -0.25) is 24.4 Å². The van der Waals surface area contributed by atoms with Crippen LogP contribution in [0, 0.1) is 0 Å². The van der Waals surface area contributed by atoms with Crippen LogP contribution in [0.2, 0.25) is 0 Å². The number of likely N-dealkylation sites (N-methyl/N-ethyl adjacent to an activating group) is 2. The molecule has 246 valence electrons. The molecule has 10 nitrogen and oxygen atoms in total. The van der Waals surface area contributed by atoms with E-state index in [-0.39, 0.29) is 35.4 Å². The zero-order chi connectivity index (χ0) is 33.8. The van der Waals surface area contributed by atoms with Crippen LogP contribution < -0.4 is 14.2 Å². The average Bonchev–Trinajstić information content (AvgIpc) is 3.13. The van der Waals surface area contributed by atoms with E-state index in [2.05, 4.69) is 9.97 Å². The van der Waals surface area contributed by atoms with E-state index in [1.807, 2.05) is 54.6 Å². The third kappa shape index (κ3) is 8.94. The van der Waals surface area contributed by atoms with E-state index < -0.39 is 17.7 Å². The molecule has 10 heteroatoms. The number of Topliss-reactive ketones (excluding diaryl/α,β-unsaturated/α-hetero) is 1. The summed E-state index contributed by atoms with van der Waals surface area (Å²) in [4.78, 5) is 53.1. The number of amides is 2. The Morgan fingerprint density at radius 3 is 1.66 bits per heavy atom. The molecule has 0 aliphatic carbocycles. The maximum absolute atomic E-state index is 14.4. The number of rotatable bonds is 16. The molecule has 0 bridgehead atoms. The van der Waals surface area contributed by atoms with E-state index in [0.717, 1.165) is 29.5 Å². The fraction of sp³-hybridized carbons (Fsp3) is 0.324. The average molecular weight is 639 g/mol. The molecule has 0 aliphatic rings. The maximum Gasteiger partial charge on any atom is 0.295 e. The Balaban J connectivity index is 1.63. The van der Waals surface area contributed by atoms with E-state index in [9.17, 15) is 14.4 Å². The number of carbonyl (C=O) groups is 3. The van der Waals surface area contributed by atoms with Crippen LogP contribution in [0.5, 0.6) is 17.2 Å². The van der Waals surface area contributed by atoms with Crippen molar-refractivity contribution in [3.63, 3.8) is 0 Å². The number of hydrogen-bond donors (Lipinski definition) is 0. The summed E-state index contributed by atoms with van der Waals surface area (Å²) in [6, 6.07) is 19.2. The van der Waals surface area contributed by atoms with Gasteiger partial charge < -0.3 is 24.0 Å². The summed E-state index contributed by atoms with van der Waals surface area (Å²) in [5.74, 6) is -1.09. The van der Waals surface area contributed by atoms with Gasteiger partial charge in [-0.2, -0.15) is 0 Å². The molecular weight excluding hydrogens is 596 g/mol. The van der Waals surface area contributed by atoms with Crippen LogP contribution in [0.4, 0.5) is 0 Å². The van der Waals surface area contributed by atoms with Crippen molar-refractivity contribution in [3.8, 4) is 17.2 Å². The topological polar surface area (TPSA) is 111 Å². The normalized spacial score (nSPS) is 11.4. The van der Waals surface area contributed by atoms with Gasteiger partial charge in [0.15, 0.2) is 11.5 Å². The lowest BCUT2D eigenvalue weighted by Crippen LogP contribution is -2.53. The SMILES string of the molecule is COc1cc(C(=O)C(=O)N(C)[C@@H](Cc2ccccc2)C(=O)N(C)C(CCc2ccncc2)CCc2ccncc2)cc(OC)c1OC. The Morgan fingerprint density at radius 2 is 1.19 bits per heavy atom. The number of pyridine rings is 2. The van der Waals surface area contributed by atoms with Crippen LogP contribution in [-0.4, -0.2) is 84.9 Å². The van der Waals surface area contributed by atoms with Gasteiger partial charge in [0.05, 0.1) is 21.3 Å². The van der Waals surface area contributed by atoms with Crippen molar-refractivity contribution in [2.45, 2.75) is 44.2 Å². The van der Waals surface area contributed by atoms with Gasteiger partial charge in [0.25, 0.3) is 11.7 Å². The molecule has 1 atom stereocenters. The number of ether oxygens (including phenoxy) is 3. The Kier molecular flexibility index (Phi) is 12.4. The first-order valence-electron chi connectivity index (χ1n) is 15.5. The summed E-state index contributed by atoms with van der Waals surface area (Å²) in [6.45, 7) is 0. The standard InChI is InChI=1S/C37H42N4O6/c1-40(30(13-11-26-15-19-38-20-16-26)14-12-27-17-21-39-22-18-27)36(43)31(23-28-9-7-6-8-10-28)41(2)37(44)34(42)29-24-32(45-3)35(47-5)33(25-29)46-4/h6-10,15-22,24-25,30-31H,11-14,23H2,1-5H3/t31-/m0/s1. The molecule has 0 radical (unpaired) electrons. The molecule has 0 aliphatic heterocycles. The van der Waals surface area contributed by atoms with Crippen LogP contribution >= 0.6 is 0 Å². The van der Waals surface area contributed by atoms with E-state index in [1.54, 1.807) is 36.7 Å². The van der Waals surface area contributed by atoms with E-state index >= 15 is 0 Å². The van der Waals surface area contributed by atoms with Crippen LogP contribution in [0.15, 0.2) is 91.5 Å². The van der Waals surface area contributed by atoms with E-state index in [1.165, 1.54) is 45.4 Å². The smallest absolute Gasteiger partial charge is 0.295 e. The highest BCUT2D eigenvalue weighted by Gasteiger charge is 2.35. The summed E-state index contributed by atoms with van der Waals surface area (Å²) in [7, 11) is 7.61. The molecular formula is C37H42N4O6. The minimum Gasteiger partial charge on any atom is -0.493 e. The monoisotopic (exact) mass is 638 g/mol. The molecule has 0 unspecified atom stereocenters. The zero-order valence-electron chi connectivity index (χ0n) is 27.6. The second-order valence-corrected chi connectivity index (χ2v) is 11.3. The molecule has 4 rings (SSSR count). The van der Waals surface area contributed by atoms with Gasteiger partial charge in [0.1, 0.15) is 6.04 Å². The number of methoxy groups -OCH3 is 3. The van der Waals surface area contributed by atoms with Crippen LogP contribution in [0.1, 0.15) is 39.9 Å². The lowest BCUT2D eigenvalue weighted by atomic mass is 9.96. The van der Waals surface area contributed by atoms with E-state index in [4.69, 9.17) is 14.2 Å². The highest BCUT2D eigenvalue weighted by Crippen LogP contribution is 2.38. The number of benzene rings is 2. The van der Waals surface area contributed by atoms with Crippen molar-refractivity contribution in [2.24, 2.45) is 0 Å². The maximum atomic E-state index is 14.4. The summed E-state index contributed by atoms with van der Waals surface area (Å²) < 4.78 is 16.2. The number of carbonyl (C=O) groups excluding carboxylic acids is 3. The Morgan fingerprint density at radius 1 is 0.681 bits per heavy atom.